The van der Waals surface area contributed by atoms with E-state index in [2.05, 4.69) is 36.3 Å². The van der Waals surface area contributed by atoms with Crippen LogP contribution in [0.4, 0.5) is 17.2 Å². The average molecular weight is 242 g/mol. The summed E-state index contributed by atoms with van der Waals surface area (Å²) in [4.78, 5) is 0. The molecule has 1 heterocycles. The molecule has 4 nitrogen and oxygen atoms in total. The predicted octanol–water partition coefficient (Wildman–Crippen LogP) is 3.10. The van der Waals surface area contributed by atoms with Gasteiger partial charge in [-0.25, -0.2) is 0 Å². The number of benzene rings is 1. The Morgan fingerprint density at radius 2 is 1.61 bits per heavy atom. The van der Waals surface area contributed by atoms with Crippen LogP contribution in [-0.2, 0) is 5.41 Å². The van der Waals surface area contributed by atoms with E-state index >= 15 is 0 Å². The molecule has 3 N–H and O–H groups in total. The highest BCUT2D eigenvalue weighted by Crippen LogP contribution is 2.21. The minimum Gasteiger partial charge on any atom is -0.399 e. The summed E-state index contributed by atoms with van der Waals surface area (Å²) in [5.74, 6) is 0.729. The van der Waals surface area contributed by atoms with Crippen LogP contribution in [0, 0.1) is 0 Å². The first-order chi connectivity index (χ1) is 8.45. The first-order valence-electron chi connectivity index (χ1n) is 5.92. The third-order valence-corrected chi connectivity index (χ3v) is 2.62. The van der Waals surface area contributed by atoms with Gasteiger partial charge in [0.15, 0.2) is 5.82 Å². The Hall–Kier alpha value is -2.10. The van der Waals surface area contributed by atoms with Crippen molar-refractivity contribution >= 4 is 17.2 Å². The molecule has 2 aromatic rings. The summed E-state index contributed by atoms with van der Waals surface area (Å²) in [5.41, 5.74) is 8.32. The first kappa shape index (κ1) is 12.4. The number of nitrogens with one attached hydrogen (secondary N) is 1. The van der Waals surface area contributed by atoms with Gasteiger partial charge in [0, 0.05) is 16.8 Å². The third-order valence-electron chi connectivity index (χ3n) is 2.62. The normalized spacial score (nSPS) is 11.3. The van der Waals surface area contributed by atoms with Gasteiger partial charge in [0.05, 0.1) is 5.69 Å². The van der Waals surface area contributed by atoms with Crippen molar-refractivity contribution in [3.63, 3.8) is 0 Å². The molecule has 0 aliphatic carbocycles. The lowest BCUT2D eigenvalue weighted by atomic mass is 9.92. The van der Waals surface area contributed by atoms with Crippen LogP contribution in [0.15, 0.2) is 36.4 Å². The SMILES string of the molecule is CC(C)(C)c1ccc(Nc2ccc(N)cc2)nn1. The number of rotatable bonds is 2. The standard InChI is InChI=1S/C14H18N4/c1-14(2,3)12-8-9-13(18-17-12)16-11-6-4-10(15)5-7-11/h4-9H,15H2,1-3H3,(H,16,18). The molecule has 0 fully saturated rings. The number of hydrogen-bond donors (Lipinski definition) is 2. The molecular weight excluding hydrogens is 224 g/mol. The summed E-state index contributed by atoms with van der Waals surface area (Å²) >= 11 is 0. The summed E-state index contributed by atoms with van der Waals surface area (Å²) in [6.07, 6.45) is 0. The van der Waals surface area contributed by atoms with E-state index in [9.17, 15) is 0 Å². The van der Waals surface area contributed by atoms with E-state index in [1.807, 2.05) is 36.4 Å². The van der Waals surface area contributed by atoms with Crippen LogP contribution in [0.25, 0.3) is 0 Å². The molecule has 1 aromatic carbocycles. The van der Waals surface area contributed by atoms with Gasteiger partial charge in [-0.2, -0.15) is 5.10 Å². The topological polar surface area (TPSA) is 63.8 Å². The smallest absolute Gasteiger partial charge is 0.153 e. The maximum absolute atomic E-state index is 5.63. The number of nitrogens with zero attached hydrogens (tertiary/aromatic N) is 2. The quantitative estimate of drug-likeness (QED) is 0.794. The number of anilines is 3. The zero-order valence-electron chi connectivity index (χ0n) is 10.9. The fraction of sp³-hybridized carbons (Fsp3) is 0.286. The Morgan fingerprint density at radius 3 is 2.11 bits per heavy atom. The van der Waals surface area contributed by atoms with Crippen LogP contribution in [0.3, 0.4) is 0 Å². The maximum Gasteiger partial charge on any atom is 0.153 e. The van der Waals surface area contributed by atoms with Gasteiger partial charge in [-0.15, -0.1) is 5.10 Å². The third kappa shape index (κ3) is 2.97. The van der Waals surface area contributed by atoms with Gasteiger partial charge < -0.3 is 11.1 Å². The molecule has 0 unspecified atom stereocenters. The van der Waals surface area contributed by atoms with Gasteiger partial charge in [0.2, 0.25) is 0 Å². The fourth-order valence-electron chi connectivity index (χ4n) is 1.51. The molecule has 0 aliphatic heterocycles. The number of aromatic nitrogens is 2. The van der Waals surface area contributed by atoms with Crippen molar-refractivity contribution in [3.8, 4) is 0 Å². The summed E-state index contributed by atoms with van der Waals surface area (Å²) in [7, 11) is 0. The Morgan fingerprint density at radius 1 is 0.944 bits per heavy atom. The summed E-state index contributed by atoms with van der Waals surface area (Å²) in [6, 6.07) is 11.4. The second kappa shape index (κ2) is 4.64. The number of hydrogen-bond acceptors (Lipinski definition) is 4. The lowest BCUT2D eigenvalue weighted by Crippen LogP contribution is -2.14. The molecule has 1 aromatic heterocycles. The lowest BCUT2D eigenvalue weighted by molar-refractivity contribution is 0.559. The van der Waals surface area contributed by atoms with Crippen molar-refractivity contribution in [2.45, 2.75) is 26.2 Å². The average Bonchev–Trinajstić information content (AvgIpc) is 2.32. The fourth-order valence-corrected chi connectivity index (χ4v) is 1.51. The van der Waals surface area contributed by atoms with E-state index in [0.29, 0.717) is 0 Å². The first-order valence-corrected chi connectivity index (χ1v) is 5.92. The van der Waals surface area contributed by atoms with Gasteiger partial charge in [-0.1, -0.05) is 20.8 Å². The van der Waals surface area contributed by atoms with Crippen LogP contribution in [-0.4, -0.2) is 10.2 Å². The van der Waals surface area contributed by atoms with E-state index in [-0.39, 0.29) is 5.41 Å². The molecule has 0 amide bonds. The molecule has 0 saturated carbocycles. The van der Waals surface area contributed by atoms with Gasteiger partial charge in [-0.05, 0) is 36.4 Å². The van der Waals surface area contributed by atoms with Crippen molar-refractivity contribution in [2.75, 3.05) is 11.1 Å². The summed E-state index contributed by atoms with van der Waals surface area (Å²) in [5, 5.41) is 11.6. The monoisotopic (exact) mass is 242 g/mol. The van der Waals surface area contributed by atoms with E-state index in [0.717, 1.165) is 22.9 Å². The molecule has 0 radical (unpaired) electrons. The summed E-state index contributed by atoms with van der Waals surface area (Å²) in [6.45, 7) is 6.35. The van der Waals surface area contributed by atoms with Crippen molar-refractivity contribution in [1.82, 2.24) is 10.2 Å². The molecule has 0 spiro atoms. The highest BCUT2D eigenvalue weighted by molar-refractivity contribution is 5.58. The van der Waals surface area contributed by atoms with Gasteiger partial charge in [0.25, 0.3) is 0 Å². The largest absolute Gasteiger partial charge is 0.399 e. The van der Waals surface area contributed by atoms with E-state index in [1.54, 1.807) is 0 Å². The molecule has 0 saturated heterocycles. The minimum absolute atomic E-state index is 0.0206. The molecule has 0 aliphatic rings. The van der Waals surface area contributed by atoms with Gasteiger partial charge >= 0.3 is 0 Å². The Labute approximate surface area is 107 Å². The van der Waals surface area contributed by atoms with E-state index in [1.165, 1.54) is 0 Å². The molecule has 0 atom stereocenters. The number of nitrogen functional groups attached to an aromatic ring is 1. The zero-order chi connectivity index (χ0) is 13.2. The molecular formula is C14H18N4. The second-order valence-electron chi connectivity index (χ2n) is 5.30. The maximum atomic E-state index is 5.63. The second-order valence-corrected chi connectivity index (χ2v) is 5.30. The summed E-state index contributed by atoms with van der Waals surface area (Å²) < 4.78 is 0. The molecule has 18 heavy (non-hydrogen) atoms. The minimum atomic E-state index is 0.0206. The Kier molecular flexibility index (Phi) is 3.19. The van der Waals surface area contributed by atoms with Crippen molar-refractivity contribution < 1.29 is 0 Å². The van der Waals surface area contributed by atoms with Crippen LogP contribution >= 0.6 is 0 Å². The van der Waals surface area contributed by atoms with Crippen molar-refractivity contribution in [1.29, 1.82) is 0 Å². The molecule has 94 valence electrons. The van der Waals surface area contributed by atoms with Crippen LogP contribution < -0.4 is 11.1 Å². The van der Waals surface area contributed by atoms with Gasteiger partial charge in [-0.3, -0.25) is 0 Å². The van der Waals surface area contributed by atoms with Gasteiger partial charge in [0.1, 0.15) is 0 Å². The van der Waals surface area contributed by atoms with E-state index in [4.69, 9.17) is 5.73 Å². The molecule has 4 heteroatoms. The van der Waals surface area contributed by atoms with Crippen LogP contribution in [0.2, 0.25) is 0 Å². The van der Waals surface area contributed by atoms with Crippen LogP contribution in [0.1, 0.15) is 26.5 Å². The molecule has 0 bridgehead atoms. The van der Waals surface area contributed by atoms with Crippen molar-refractivity contribution in [2.24, 2.45) is 0 Å². The Bertz CT molecular complexity index is 509. The lowest BCUT2D eigenvalue weighted by Gasteiger charge is -2.16. The number of nitrogens with two attached hydrogens (primary N) is 1. The highest BCUT2D eigenvalue weighted by atomic mass is 15.2. The zero-order valence-corrected chi connectivity index (χ0v) is 10.9. The van der Waals surface area contributed by atoms with E-state index < -0.39 is 0 Å². The van der Waals surface area contributed by atoms with Crippen molar-refractivity contribution in [3.05, 3.63) is 42.1 Å². The molecule has 2 rings (SSSR count). The highest BCUT2D eigenvalue weighted by Gasteiger charge is 2.15. The predicted molar refractivity (Wildman–Crippen MR) is 74.9 cm³/mol. The van der Waals surface area contributed by atoms with Crippen LogP contribution in [0.5, 0.6) is 0 Å². The Balaban J connectivity index is 2.13.